The van der Waals surface area contributed by atoms with Gasteiger partial charge in [-0.1, -0.05) is 30.3 Å². The fraction of sp³-hybridized carbons (Fsp3) is 0.647. The summed E-state index contributed by atoms with van der Waals surface area (Å²) in [6.07, 6.45) is 6.38. The highest BCUT2D eigenvalue weighted by molar-refractivity contribution is 7.98. The molecule has 1 atom stereocenters. The lowest BCUT2D eigenvalue weighted by atomic mass is 9.88. The minimum Gasteiger partial charge on any atom is -0.392 e. The summed E-state index contributed by atoms with van der Waals surface area (Å²) in [5.74, 6) is 1.74. The Bertz CT molecular complexity index is 363. The molecule has 2 rings (SSSR count). The van der Waals surface area contributed by atoms with Gasteiger partial charge in [-0.15, -0.1) is 0 Å². The Morgan fingerprint density at radius 2 is 1.95 bits per heavy atom. The SMILES string of the molecule is CSCCCN1CCC([C@@H](O)Cc2ccccc2)CC1. The van der Waals surface area contributed by atoms with E-state index < -0.39 is 0 Å². The van der Waals surface area contributed by atoms with E-state index >= 15 is 0 Å². The largest absolute Gasteiger partial charge is 0.392 e. The van der Waals surface area contributed by atoms with Crippen molar-refractivity contribution in [2.75, 3.05) is 31.6 Å². The van der Waals surface area contributed by atoms with Crippen LogP contribution in [0.4, 0.5) is 0 Å². The normalized spacial score (nSPS) is 19.1. The van der Waals surface area contributed by atoms with Crippen molar-refractivity contribution in [1.29, 1.82) is 0 Å². The molecule has 2 nitrogen and oxygen atoms in total. The molecule has 1 aromatic carbocycles. The summed E-state index contributed by atoms with van der Waals surface area (Å²) in [6, 6.07) is 10.4. The maximum Gasteiger partial charge on any atom is 0.0609 e. The molecule has 1 saturated heterocycles. The monoisotopic (exact) mass is 293 g/mol. The number of hydrogen-bond donors (Lipinski definition) is 1. The van der Waals surface area contributed by atoms with Crippen molar-refractivity contribution < 1.29 is 5.11 Å². The molecule has 1 heterocycles. The molecule has 0 unspecified atom stereocenters. The molecule has 0 aromatic heterocycles. The molecule has 0 saturated carbocycles. The highest BCUT2D eigenvalue weighted by atomic mass is 32.2. The fourth-order valence-electron chi connectivity index (χ4n) is 3.02. The van der Waals surface area contributed by atoms with Gasteiger partial charge < -0.3 is 10.0 Å². The summed E-state index contributed by atoms with van der Waals surface area (Å²) >= 11 is 1.93. The van der Waals surface area contributed by atoms with Gasteiger partial charge in [0.05, 0.1) is 6.10 Å². The maximum absolute atomic E-state index is 10.4. The van der Waals surface area contributed by atoms with Gasteiger partial charge >= 0.3 is 0 Å². The first-order valence-corrected chi connectivity index (χ1v) is 9.12. The van der Waals surface area contributed by atoms with Crippen LogP contribution >= 0.6 is 11.8 Å². The van der Waals surface area contributed by atoms with Gasteiger partial charge in [0, 0.05) is 0 Å². The van der Waals surface area contributed by atoms with E-state index in [9.17, 15) is 5.11 Å². The van der Waals surface area contributed by atoms with E-state index in [0.717, 1.165) is 32.4 Å². The third-order valence-corrected chi connectivity index (χ3v) is 4.98. The van der Waals surface area contributed by atoms with Gasteiger partial charge in [-0.2, -0.15) is 11.8 Å². The molecule has 20 heavy (non-hydrogen) atoms. The predicted molar refractivity (Wildman–Crippen MR) is 88.3 cm³/mol. The van der Waals surface area contributed by atoms with Gasteiger partial charge in [0.15, 0.2) is 0 Å². The molecule has 1 fully saturated rings. The standard InChI is InChI=1S/C17H27NOS/c1-20-13-5-10-18-11-8-16(9-12-18)17(19)14-15-6-3-2-4-7-15/h2-4,6-7,16-17,19H,5,8-14H2,1H3/t17-/m0/s1. The molecule has 0 bridgehead atoms. The topological polar surface area (TPSA) is 23.5 Å². The van der Waals surface area contributed by atoms with E-state index in [-0.39, 0.29) is 6.10 Å². The van der Waals surface area contributed by atoms with Gasteiger partial charge in [-0.05, 0) is 68.8 Å². The Balaban J connectivity index is 1.70. The Kier molecular flexibility index (Phi) is 6.91. The van der Waals surface area contributed by atoms with Crippen molar-refractivity contribution in [2.45, 2.75) is 31.8 Å². The van der Waals surface area contributed by atoms with E-state index in [2.05, 4.69) is 35.4 Å². The fourth-order valence-corrected chi connectivity index (χ4v) is 3.43. The summed E-state index contributed by atoms with van der Waals surface area (Å²) in [5.41, 5.74) is 1.25. The van der Waals surface area contributed by atoms with Gasteiger partial charge in [-0.3, -0.25) is 0 Å². The third-order valence-electron chi connectivity index (χ3n) is 4.29. The van der Waals surface area contributed by atoms with E-state index in [1.165, 1.54) is 24.3 Å². The highest BCUT2D eigenvalue weighted by Crippen LogP contribution is 2.23. The molecular weight excluding hydrogens is 266 g/mol. The molecule has 1 N–H and O–H groups in total. The van der Waals surface area contributed by atoms with Crippen molar-refractivity contribution in [3.05, 3.63) is 35.9 Å². The zero-order valence-electron chi connectivity index (χ0n) is 12.5. The number of nitrogens with zero attached hydrogens (tertiary/aromatic N) is 1. The van der Waals surface area contributed by atoms with Crippen molar-refractivity contribution in [2.24, 2.45) is 5.92 Å². The average Bonchev–Trinajstić information content (AvgIpc) is 2.49. The van der Waals surface area contributed by atoms with Gasteiger partial charge in [0.1, 0.15) is 0 Å². The van der Waals surface area contributed by atoms with E-state index in [1.54, 1.807) is 0 Å². The summed E-state index contributed by atoms with van der Waals surface area (Å²) in [6.45, 7) is 3.54. The van der Waals surface area contributed by atoms with Crippen LogP contribution in [0.25, 0.3) is 0 Å². The van der Waals surface area contributed by atoms with E-state index in [1.807, 2.05) is 17.8 Å². The number of benzene rings is 1. The van der Waals surface area contributed by atoms with Crippen molar-refractivity contribution in [1.82, 2.24) is 4.90 Å². The third kappa shape index (κ3) is 5.12. The molecular formula is C17H27NOS. The van der Waals surface area contributed by atoms with Crippen molar-refractivity contribution in [3.63, 3.8) is 0 Å². The van der Waals surface area contributed by atoms with Crippen LogP contribution in [0.1, 0.15) is 24.8 Å². The molecule has 0 radical (unpaired) electrons. The van der Waals surface area contributed by atoms with Gasteiger partial charge in [-0.25, -0.2) is 0 Å². The van der Waals surface area contributed by atoms with Crippen molar-refractivity contribution >= 4 is 11.8 Å². The molecule has 3 heteroatoms. The molecule has 0 spiro atoms. The van der Waals surface area contributed by atoms with Crippen molar-refractivity contribution in [3.8, 4) is 0 Å². The van der Waals surface area contributed by atoms with Gasteiger partial charge in [0.2, 0.25) is 0 Å². The molecule has 1 aliphatic rings. The predicted octanol–water partition coefficient (Wildman–Crippen LogP) is 3.06. The van der Waals surface area contributed by atoms with Crippen LogP contribution in [-0.4, -0.2) is 47.8 Å². The van der Waals surface area contributed by atoms with Gasteiger partial charge in [0.25, 0.3) is 0 Å². The number of piperidine rings is 1. The molecule has 112 valence electrons. The number of aliphatic hydroxyl groups excluding tert-OH is 1. The first-order chi connectivity index (χ1) is 9.79. The zero-order valence-corrected chi connectivity index (χ0v) is 13.3. The number of rotatable bonds is 7. The second kappa shape index (κ2) is 8.71. The quantitative estimate of drug-likeness (QED) is 0.782. The first-order valence-electron chi connectivity index (χ1n) is 7.73. The van der Waals surface area contributed by atoms with Crippen LogP contribution < -0.4 is 0 Å². The lowest BCUT2D eigenvalue weighted by Crippen LogP contribution is -2.39. The Morgan fingerprint density at radius 3 is 2.60 bits per heavy atom. The summed E-state index contributed by atoms with van der Waals surface area (Å²) < 4.78 is 0. The summed E-state index contributed by atoms with van der Waals surface area (Å²) in [5, 5.41) is 10.4. The number of thioether (sulfide) groups is 1. The number of hydrogen-bond acceptors (Lipinski definition) is 3. The Hall–Kier alpha value is -0.510. The maximum atomic E-state index is 10.4. The summed E-state index contributed by atoms with van der Waals surface area (Å²) in [4.78, 5) is 2.56. The highest BCUT2D eigenvalue weighted by Gasteiger charge is 2.24. The molecule has 1 aromatic rings. The summed E-state index contributed by atoms with van der Waals surface area (Å²) in [7, 11) is 0. The number of aliphatic hydroxyl groups is 1. The number of likely N-dealkylation sites (tertiary alicyclic amines) is 1. The second-order valence-electron chi connectivity index (χ2n) is 5.78. The smallest absolute Gasteiger partial charge is 0.0609 e. The minimum atomic E-state index is -0.175. The van der Waals surface area contributed by atoms with Crippen LogP contribution in [0.2, 0.25) is 0 Å². The van der Waals surface area contributed by atoms with Crippen LogP contribution in [0.5, 0.6) is 0 Å². The van der Waals surface area contributed by atoms with Crippen LogP contribution in [0.15, 0.2) is 30.3 Å². The lowest BCUT2D eigenvalue weighted by molar-refractivity contribution is 0.0598. The van der Waals surface area contributed by atoms with Crippen LogP contribution in [-0.2, 0) is 6.42 Å². The molecule has 0 aliphatic carbocycles. The van der Waals surface area contributed by atoms with E-state index in [0.29, 0.717) is 5.92 Å². The van der Waals surface area contributed by atoms with Crippen LogP contribution in [0.3, 0.4) is 0 Å². The molecule has 1 aliphatic heterocycles. The molecule has 0 amide bonds. The van der Waals surface area contributed by atoms with E-state index in [4.69, 9.17) is 0 Å². The average molecular weight is 293 g/mol. The Morgan fingerprint density at radius 1 is 1.25 bits per heavy atom. The lowest BCUT2D eigenvalue weighted by Gasteiger charge is -2.34. The second-order valence-corrected chi connectivity index (χ2v) is 6.77. The minimum absolute atomic E-state index is 0.175. The Labute approximate surface area is 127 Å². The first kappa shape index (κ1) is 15.9. The van der Waals surface area contributed by atoms with Crippen LogP contribution in [0, 0.1) is 5.92 Å². The zero-order chi connectivity index (χ0) is 14.2.